The minimum absolute atomic E-state index is 0.145. The molecule has 2 aromatic rings. The number of allylic oxidation sites excluding steroid dienone is 1. The summed E-state index contributed by atoms with van der Waals surface area (Å²) in [7, 11) is 0. The lowest BCUT2D eigenvalue weighted by molar-refractivity contribution is 0.0259. The van der Waals surface area contributed by atoms with Crippen LogP contribution in [0.25, 0.3) is 11.6 Å². The summed E-state index contributed by atoms with van der Waals surface area (Å²) < 4.78 is 5.55. The largest absolute Gasteiger partial charge is 0.446 e. The molecule has 5 rings (SSSR count). The maximum Gasteiger partial charge on any atom is 0.410 e. The van der Waals surface area contributed by atoms with Crippen molar-refractivity contribution in [2.24, 2.45) is 0 Å². The zero-order valence-electron chi connectivity index (χ0n) is 16.1. The number of anilines is 1. The Labute approximate surface area is 168 Å². The van der Waals surface area contributed by atoms with Crippen molar-refractivity contribution < 1.29 is 9.53 Å². The normalized spacial score (nSPS) is 19.2. The summed E-state index contributed by atoms with van der Waals surface area (Å²) in [5, 5.41) is 3.21. The number of carbonyl (C=O) groups excluding carboxylic acids is 1. The van der Waals surface area contributed by atoms with E-state index < -0.39 is 0 Å². The van der Waals surface area contributed by atoms with E-state index in [-0.39, 0.29) is 12.2 Å². The second kappa shape index (κ2) is 7.20. The molecule has 0 unspecified atom stereocenters. The molecule has 1 amide bonds. The van der Waals surface area contributed by atoms with Gasteiger partial charge in [0.1, 0.15) is 6.10 Å². The number of hydrogen-bond donors (Lipinski definition) is 0. The molecule has 2 aliphatic carbocycles. The van der Waals surface area contributed by atoms with E-state index in [0.29, 0.717) is 13.1 Å². The Morgan fingerprint density at radius 1 is 1.25 bits per heavy atom. The van der Waals surface area contributed by atoms with Gasteiger partial charge in [-0.05, 0) is 43.9 Å². The highest BCUT2D eigenvalue weighted by Crippen LogP contribution is 2.36. The molecule has 0 radical (unpaired) electrons. The van der Waals surface area contributed by atoms with Gasteiger partial charge in [0, 0.05) is 55.4 Å². The number of amides is 1. The van der Waals surface area contributed by atoms with Crippen LogP contribution < -0.4 is 4.90 Å². The van der Waals surface area contributed by atoms with Crippen LogP contribution in [0.2, 0.25) is 0 Å². The van der Waals surface area contributed by atoms with E-state index in [2.05, 4.69) is 32.4 Å². The molecule has 0 atom stereocenters. The third-order valence-corrected chi connectivity index (χ3v) is 6.65. The summed E-state index contributed by atoms with van der Waals surface area (Å²) >= 11 is 1.68. The highest BCUT2D eigenvalue weighted by atomic mass is 32.1. The Morgan fingerprint density at radius 3 is 2.75 bits per heavy atom. The van der Waals surface area contributed by atoms with Crippen LogP contribution in [0.1, 0.15) is 41.2 Å². The van der Waals surface area contributed by atoms with Gasteiger partial charge >= 0.3 is 6.09 Å². The number of piperazine rings is 1. The molecule has 0 N–H and O–H groups in total. The molecular weight excluding hydrogens is 372 g/mol. The fraction of sp³-hybridized carbons (Fsp3) is 0.476. The van der Waals surface area contributed by atoms with Crippen molar-refractivity contribution in [3.05, 3.63) is 39.6 Å². The monoisotopic (exact) mass is 396 g/mol. The van der Waals surface area contributed by atoms with Gasteiger partial charge in [-0.2, -0.15) is 0 Å². The molecule has 1 saturated carbocycles. The zero-order valence-corrected chi connectivity index (χ0v) is 16.9. The number of aromatic nitrogens is 2. The van der Waals surface area contributed by atoms with Crippen LogP contribution in [0.15, 0.2) is 17.6 Å². The molecule has 1 saturated heterocycles. The molecule has 0 spiro atoms. The molecule has 3 heterocycles. The Morgan fingerprint density at radius 2 is 2.07 bits per heavy atom. The van der Waals surface area contributed by atoms with Crippen LogP contribution in [0, 0.1) is 6.92 Å². The quantitative estimate of drug-likeness (QED) is 0.791. The van der Waals surface area contributed by atoms with Gasteiger partial charge in [0.15, 0.2) is 0 Å². The third-order valence-electron chi connectivity index (χ3n) is 5.87. The molecule has 7 heteroatoms. The second-order valence-electron chi connectivity index (χ2n) is 7.70. The van der Waals surface area contributed by atoms with E-state index in [1.165, 1.54) is 23.2 Å². The lowest BCUT2D eigenvalue weighted by atomic mass is 9.96. The molecule has 6 nitrogen and oxygen atoms in total. The predicted molar refractivity (Wildman–Crippen MR) is 111 cm³/mol. The summed E-state index contributed by atoms with van der Waals surface area (Å²) in [6.45, 7) is 5.06. The zero-order chi connectivity index (χ0) is 19.1. The van der Waals surface area contributed by atoms with Gasteiger partial charge in [-0.1, -0.05) is 0 Å². The van der Waals surface area contributed by atoms with E-state index in [1.807, 2.05) is 18.0 Å². The van der Waals surface area contributed by atoms with Crippen LogP contribution in [0.5, 0.6) is 0 Å². The Hall–Kier alpha value is -2.41. The summed E-state index contributed by atoms with van der Waals surface area (Å²) in [5.74, 6) is 0. The number of hydrogen-bond acceptors (Lipinski definition) is 6. The van der Waals surface area contributed by atoms with Crippen molar-refractivity contribution in [2.75, 3.05) is 31.1 Å². The maximum atomic E-state index is 12.3. The van der Waals surface area contributed by atoms with Gasteiger partial charge in [-0.3, -0.25) is 4.98 Å². The van der Waals surface area contributed by atoms with Crippen molar-refractivity contribution >= 4 is 34.8 Å². The number of rotatable bonds is 3. The average Bonchev–Trinajstić information content (AvgIpc) is 3.30. The fourth-order valence-corrected chi connectivity index (χ4v) is 4.63. The minimum atomic E-state index is -0.148. The number of fused-ring (bicyclic) bond motifs is 1. The highest BCUT2D eigenvalue weighted by Gasteiger charge is 2.29. The predicted octanol–water partition coefficient (Wildman–Crippen LogP) is 3.75. The summed E-state index contributed by atoms with van der Waals surface area (Å²) in [6.07, 6.45) is 8.17. The van der Waals surface area contributed by atoms with Crippen molar-refractivity contribution in [3.8, 4) is 0 Å². The van der Waals surface area contributed by atoms with E-state index >= 15 is 0 Å². The molecule has 0 bridgehead atoms. The Balaban J connectivity index is 1.29. The van der Waals surface area contributed by atoms with Gasteiger partial charge in [0.25, 0.3) is 0 Å². The number of ether oxygens (including phenoxy) is 1. The first-order chi connectivity index (χ1) is 13.7. The standard InChI is InChI=1S/C21H24N4O2S/c1-14-23-19(13-28-14)15-11-17-18(12-15)22-6-5-20(17)24-7-9-25(10-8-24)21(26)27-16-3-2-4-16/h5-6,11,13,16H,2-4,7-10,12H2,1H3. The minimum Gasteiger partial charge on any atom is -0.446 e. The Kier molecular flexibility index (Phi) is 4.55. The Bertz CT molecular complexity index is 926. The van der Waals surface area contributed by atoms with Gasteiger partial charge in [0.2, 0.25) is 0 Å². The number of pyridine rings is 1. The summed E-state index contributed by atoms with van der Waals surface area (Å²) in [5.41, 5.74) is 5.83. The van der Waals surface area contributed by atoms with Gasteiger partial charge in [-0.15, -0.1) is 11.3 Å². The van der Waals surface area contributed by atoms with Crippen LogP contribution >= 0.6 is 11.3 Å². The number of aryl methyl sites for hydroxylation is 1. The van der Waals surface area contributed by atoms with Gasteiger partial charge in [0.05, 0.1) is 16.4 Å². The van der Waals surface area contributed by atoms with E-state index in [9.17, 15) is 4.79 Å². The van der Waals surface area contributed by atoms with Crippen LogP contribution in [-0.4, -0.2) is 53.2 Å². The first-order valence-corrected chi connectivity index (χ1v) is 10.9. The molecule has 1 aliphatic heterocycles. The van der Waals surface area contributed by atoms with E-state index in [0.717, 1.165) is 48.7 Å². The first-order valence-electron chi connectivity index (χ1n) is 9.99. The number of thiazole rings is 1. The van der Waals surface area contributed by atoms with Crippen molar-refractivity contribution in [2.45, 2.75) is 38.7 Å². The topological polar surface area (TPSA) is 58.6 Å². The number of nitrogens with zero attached hydrogens (tertiary/aromatic N) is 4. The molecular formula is C21H24N4O2S. The second-order valence-corrected chi connectivity index (χ2v) is 8.76. The number of carbonyl (C=O) groups is 1. The molecule has 28 heavy (non-hydrogen) atoms. The van der Waals surface area contributed by atoms with Gasteiger partial charge in [-0.25, -0.2) is 9.78 Å². The fourth-order valence-electron chi connectivity index (χ4n) is 4.00. The van der Waals surface area contributed by atoms with Crippen LogP contribution in [-0.2, 0) is 11.2 Å². The molecule has 146 valence electrons. The maximum absolute atomic E-state index is 12.3. The van der Waals surface area contributed by atoms with Crippen molar-refractivity contribution in [1.29, 1.82) is 0 Å². The SMILES string of the molecule is Cc1nc(C2=Cc3c(N4CCN(C(=O)OC5CCC5)CC4)ccnc3C2)cs1. The molecule has 2 fully saturated rings. The highest BCUT2D eigenvalue weighted by molar-refractivity contribution is 7.09. The summed E-state index contributed by atoms with van der Waals surface area (Å²) in [6, 6.07) is 2.09. The van der Waals surface area contributed by atoms with Crippen molar-refractivity contribution in [1.82, 2.24) is 14.9 Å². The summed E-state index contributed by atoms with van der Waals surface area (Å²) in [4.78, 5) is 25.7. The lowest BCUT2D eigenvalue weighted by Crippen LogP contribution is -2.50. The first kappa shape index (κ1) is 17.7. The van der Waals surface area contributed by atoms with Crippen LogP contribution in [0.3, 0.4) is 0 Å². The third kappa shape index (κ3) is 3.28. The molecule has 0 aromatic carbocycles. The van der Waals surface area contributed by atoms with Crippen molar-refractivity contribution in [3.63, 3.8) is 0 Å². The lowest BCUT2D eigenvalue weighted by Gasteiger charge is -2.37. The average molecular weight is 397 g/mol. The van der Waals surface area contributed by atoms with Gasteiger partial charge < -0.3 is 14.5 Å². The smallest absolute Gasteiger partial charge is 0.410 e. The molecule has 3 aliphatic rings. The van der Waals surface area contributed by atoms with E-state index in [1.54, 1.807) is 11.3 Å². The van der Waals surface area contributed by atoms with Crippen LogP contribution in [0.4, 0.5) is 10.5 Å². The molecule has 2 aromatic heterocycles. The van der Waals surface area contributed by atoms with E-state index in [4.69, 9.17) is 4.74 Å².